The molecule has 0 spiro atoms. The van der Waals surface area contributed by atoms with Crippen molar-refractivity contribution in [3.05, 3.63) is 66.5 Å². The van der Waals surface area contributed by atoms with Crippen molar-refractivity contribution < 1.29 is 19.4 Å². The van der Waals surface area contributed by atoms with Gasteiger partial charge in [0.15, 0.2) is 0 Å². The number of pyridine rings is 1. The number of amides is 1. The fourth-order valence-corrected chi connectivity index (χ4v) is 4.06. The van der Waals surface area contributed by atoms with Crippen LogP contribution in [0.25, 0.3) is 0 Å². The van der Waals surface area contributed by atoms with Gasteiger partial charge >= 0.3 is 5.97 Å². The number of hydrogen-bond donors (Lipinski definition) is 2. The van der Waals surface area contributed by atoms with Crippen molar-refractivity contribution in [2.24, 2.45) is 23.7 Å². The van der Waals surface area contributed by atoms with Crippen LogP contribution in [0.3, 0.4) is 0 Å². The molecule has 1 amide bonds. The number of hydrogen-bond acceptors (Lipinski definition) is 4. The molecule has 1 heterocycles. The van der Waals surface area contributed by atoms with E-state index in [1.807, 2.05) is 30.4 Å². The maximum atomic E-state index is 12.8. The van der Waals surface area contributed by atoms with E-state index < -0.39 is 17.8 Å². The van der Waals surface area contributed by atoms with Crippen molar-refractivity contribution in [3.63, 3.8) is 0 Å². The van der Waals surface area contributed by atoms with Gasteiger partial charge in [0.1, 0.15) is 12.4 Å². The van der Waals surface area contributed by atoms with Crippen LogP contribution in [0.15, 0.2) is 60.9 Å². The van der Waals surface area contributed by atoms with Gasteiger partial charge in [0, 0.05) is 29.7 Å². The van der Waals surface area contributed by atoms with E-state index in [9.17, 15) is 14.7 Å². The zero-order valence-electron chi connectivity index (χ0n) is 14.6. The normalized spacial score (nSPS) is 25.3. The zero-order valence-corrected chi connectivity index (χ0v) is 14.6. The topological polar surface area (TPSA) is 88.5 Å². The molecule has 2 N–H and O–H groups in total. The lowest BCUT2D eigenvalue weighted by atomic mass is 9.82. The number of aromatic nitrogens is 1. The van der Waals surface area contributed by atoms with Crippen LogP contribution >= 0.6 is 0 Å². The number of carbonyl (C=O) groups is 2. The van der Waals surface area contributed by atoms with Crippen molar-refractivity contribution in [2.75, 3.05) is 5.32 Å². The summed E-state index contributed by atoms with van der Waals surface area (Å²) in [5.74, 6) is -1.75. The first kappa shape index (κ1) is 17.3. The van der Waals surface area contributed by atoms with Gasteiger partial charge in [-0.1, -0.05) is 24.3 Å². The quantitative estimate of drug-likeness (QED) is 0.769. The molecule has 1 aromatic heterocycles. The van der Waals surface area contributed by atoms with Gasteiger partial charge in [-0.3, -0.25) is 14.6 Å². The molecule has 6 heteroatoms. The van der Waals surface area contributed by atoms with Gasteiger partial charge in [0.25, 0.3) is 0 Å². The Labute approximate surface area is 156 Å². The van der Waals surface area contributed by atoms with Crippen LogP contribution in [-0.4, -0.2) is 22.0 Å². The molecular formula is C21H20N2O4. The zero-order chi connectivity index (χ0) is 18.8. The summed E-state index contributed by atoms with van der Waals surface area (Å²) in [7, 11) is 0. The molecule has 27 heavy (non-hydrogen) atoms. The van der Waals surface area contributed by atoms with Crippen molar-refractivity contribution in [1.29, 1.82) is 0 Å². The highest BCUT2D eigenvalue weighted by molar-refractivity contribution is 5.96. The van der Waals surface area contributed by atoms with Crippen LogP contribution in [0.1, 0.15) is 12.0 Å². The molecule has 2 aliphatic carbocycles. The maximum absolute atomic E-state index is 12.8. The lowest BCUT2D eigenvalue weighted by Gasteiger charge is -2.24. The smallest absolute Gasteiger partial charge is 0.307 e. The molecule has 0 unspecified atom stereocenters. The number of nitrogens with zero attached hydrogens (tertiary/aromatic N) is 1. The predicted octanol–water partition coefficient (Wildman–Crippen LogP) is 3.12. The number of carbonyl (C=O) groups excluding carboxylic acids is 1. The van der Waals surface area contributed by atoms with Crippen molar-refractivity contribution in [3.8, 4) is 5.75 Å². The summed E-state index contributed by atoms with van der Waals surface area (Å²) in [6.45, 7) is 0.378. The van der Waals surface area contributed by atoms with Crippen LogP contribution in [0.2, 0.25) is 0 Å². The summed E-state index contributed by atoms with van der Waals surface area (Å²) in [6.07, 6.45) is 8.08. The predicted molar refractivity (Wildman–Crippen MR) is 99.0 cm³/mol. The minimum absolute atomic E-state index is 0.00103. The third kappa shape index (κ3) is 3.56. The van der Waals surface area contributed by atoms with E-state index in [0.29, 0.717) is 18.0 Å². The second-order valence-corrected chi connectivity index (χ2v) is 7.01. The van der Waals surface area contributed by atoms with Gasteiger partial charge < -0.3 is 15.2 Å². The lowest BCUT2D eigenvalue weighted by molar-refractivity contribution is -0.146. The molecule has 0 radical (unpaired) electrons. The molecule has 0 aliphatic heterocycles. The first-order valence-corrected chi connectivity index (χ1v) is 8.95. The molecule has 1 fully saturated rings. The van der Waals surface area contributed by atoms with Gasteiger partial charge in [0.2, 0.25) is 5.91 Å². The van der Waals surface area contributed by atoms with Crippen LogP contribution in [0.5, 0.6) is 5.75 Å². The Morgan fingerprint density at radius 1 is 1.15 bits per heavy atom. The summed E-state index contributed by atoms with van der Waals surface area (Å²) >= 11 is 0. The number of benzene rings is 1. The Morgan fingerprint density at radius 2 is 1.96 bits per heavy atom. The van der Waals surface area contributed by atoms with E-state index in [1.165, 1.54) is 0 Å². The number of rotatable bonds is 6. The number of allylic oxidation sites excluding steroid dienone is 2. The number of nitrogens with one attached hydrogen (secondary N) is 1. The Hall–Kier alpha value is -3.15. The van der Waals surface area contributed by atoms with Gasteiger partial charge in [0.05, 0.1) is 11.8 Å². The first-order valence-electron chi connectivity index (χ1n) is 8.95. The van der Waals surface area contributed by atoms with Gasteiger partial charge in [-0.15, -0.1) is 0 Å². The first-order chi connectivity index (χ1) is 13.1. The van der Waals surface area contributed by atoms with E-state index in [2.05, 4.69) is 10.3 Å². The van der Waals surface area contributed by atoms with Crippen LogP contribution in [0, 0.1) is 23.7 Å². The highest BCUT2D eigenvalue weighted by atomic mass is 16.5. The molecule has 1 aromatic carbocycles. The fraction of sp³-hybridized carbons (Fsp3) is 0.286. The lowest BCUT2D eigenvalue weighted by Crippen LogP contribution is -2.36. The summed E-state index contributed by atoms with van der Waals surface area (Å²) in [4.78, 5) is 28.4. The molecule has 2 aromatic rings. The summed E-state index contributed by atoms with van der Waals surface area (Å²) in [6, 6.07) is 10.9. The Morgan fingerprint density at radius 3 is 2.70 bits per heavy atom. The number of fused-ring (bicyclic) bond motifs is 2. The third-order valence-corrected chi connectivity index (χ3v) is 5.28. The highest BCUT2D eigenvalue weighted by Crippen LogP contribution is 2.48. The number of ether oxygens (including phenoxy) is 1. The standard InChI is InChI=1S/C21H20N2O4/c24-20(18-14-6-7-15(9-14)19(18)21(25)26)23-16-4-1-5-17(10-16)27-12-13-3-2-8-22-11-13/h1-8,10-11,14-15,18-19H,9,12H2,(H,23,24)(H,25,26)/t14-,15-,18+,19-/m0/s1. The minimum Gasteiger partial charge on any atom is -0.489 e. The van der Waals surface area contributed by atoms with Crippen LogP contribution < -0.4 is 10.1 Å². The molecule has 4 atom stereocenters. The van der Waals surface area contributed by atoms with E-state index in [4.69, 9.17) is 4.74 Å². The van der Waals surface area contributed by atoms with Crippen molar-refractivity contribution in [1.82, 2.24) is 4.98 Å². The second-order valence-electron chi connectivity index (χ2n) is 7.01. The van der Waals surface area contributed by atoms with Gasteiger partial charge in [-0.05, 0) is 36.5 Å². The maximum Gasteiger partial charge on any atom is 0.307 e. The van der Waals surface area contributed by atoms with Crippen molar-refractivity contribution >= 4 is 17.6 Å². The Bertz CT molecular complexity index is 881. The van der Waals surface area contributed by atoms with Crippen LogP contribution in [-0.2, 0) is 16.2 Å². The molecule has 0 saturated heterocycles. The van der Waals surface area contributed by atoms with Crippen molar-refractivity contribution in [2.45, 2.75) is 13.0 Å². The summed E-state index contributed by atoms with van der Waals surface area (Å²) < 4.78 is 5.75. The molecular weight excluding hydrogens is 344 g/mol. The number of carboxylic acids is 1. The SMILES string of the molecule is O=C(O)[C@@H]1[C@H](C(=O)Nc2cccc(OCc3cccnc3)c2)[C@H]2C=C[C@H]1C2. The summed E-state index contributed by atoms with van der Waals surface area (Å²) in [5, 5.41) is 12.4. The molecule has 2 aliphatic rings. The molecule has 138 valence electrons. The monoisotopic (exact) mass is 364 g/mol. The Balaban J connectivity index is 1.43. The van der Waals surface area contributed by atoms with Crippen LogP contribution in [0.4, 0.5) is 5.69 Å². The molecule has 1 saturated carbocycles. The van der Waals surface area contributed by atoms with E-state index in [0.717, 1.165) is 12.0 Å². The second kappa shape index (κ2) is 7.23. The Kier molecular flexibility index (Phi) is 4.62. The minimum atomic E-state index is -0.902. The number of aliphatic carboxylic acids is 1. The van der Waals surface area contributed by atoms with E-state index in [-0.39, 0.29) is 17.7 Å². The third-order valence-electron chi connectivity index (χ3n) is 5.28. The summed E-state index contributed by atoms with van der Waals surface area (Å²) in [5.41, 5.74) is 1.55. The molecule has 6 nitrogen and oxygen atoms in total. The van der Waals surface area contributed by atoms with Gasteiger partial charge in [-0.2, -0.15) is 0 Å². The largest absolute Gasteiger partial charge is 0.489 e. The van der Waals surface area contributed by atoms with Gasteiger partial charge in [-0.25, -0.2) is 0 Å². The number of anilines is 1. The number of carboxylic acid groups (broad SMARTS) is 1. The molecule has 2 bridgehead atoms. The highest BCUT2D eigenvalue weighted by Gasteiger charge is 2.51. The average molecular weight is 364 g/mol. The fourth-order valence-electron chi connectivity index (χ4n) is 4.06. The van der Waals surface area contributed by atoms with E-state index >= 15 is 0 Å². The van der Waals surface area contributed by atoms with E-state index in [1.54, 1.807) is 30.6 Å². The average Bonchev–Trinajstić information content (AvgIpc) is 3.29. The molecule has 4 rings (SSSR count).